The molecule has 2 aromatic heterocycles. The molecule has 2 aromatic carbocycles. The summed E-state index contributed by atoms with van der Waals surface area (Å²) in [5, 5.41) is 4.03. The molecule has 0 saturated carbocycles. The molecule has 0 radical (unpaired) electrons. The van der Waals surface area contributed by atoms with Crippen LogP contribution >= 0.6 is 11.6 Å². The van der Waals surface area contributed by atoms with Crippen LogP contribution in [0, 0.1) is 12.7 Å². The van der Waals surface area contributed by atoms with Gasteiger partial charge in [0.1, 0.15) is 17.5 Å². The fourth-order valence-electron chi connectivity index (χ4n) is 3.93. The van der Waals surface area contributed by atoms with Crippen molar-refractivity contribution in [2.45, 2.75) is 6.92 Å². The van der Waals surface area contributed by atoms with Crippen LogP contribution in [0.2, 0.25) is 5.02 Å². The molecule has 0 atom stereocenters. The largest absolute Gasteiger partial charge is 0.353 e. The van der Waals surface area contributed by atoms with Gasteiger partial charge in [-0.15, -0.1) is 0 Å². The normalized spacial score (nSPS) is 14.4. The maximum atomic E-state index is 14.0. The fourth-order valence-corrected chi connectivity index (χ4v) is 4.10. The molecule has 1 aliphatic rings. The Kier molecular flexibility index (Phi) is 4.89. The molecule has 5 nitrogen and oxygen atoms in total. The first-order valence-electron chi connectivity index (χ1n) is 9.96. The fraction of sp³-hybridized carbons (Fsp3) is 0.217. The zero-order valence-electron chi connectivity index (χ0n) is 16.5. The Bertz CT molecular complexity index is 1210. The van der Waals surface area contributed by atoms with Gasteiger partial charge in [-0.3, -0.25) is 0 Å². The molecule has 0 unspecified atom stereocenters. The molecule has 152 valence electrons. The highest BCUT2D eigenvalue weighted by atomic mass is 35.5. The SMILES string of the molecule is Cc1cc(F)cc(-c2cnc(N3CCNCC3)c(-c3nc4ccc(Cl)cc4[nH]3)c2)c1. The molecule has 0 bridgehead atoms. The number of aromatic amines is 1. The number of fused-ring (bicyclic) bond motifs is 1. The number of aromatic nitrogens is 3. The smallest absolute Gasteiger partial charge is 0.142 e. The highest BCUT2D eigenvalue weighted by molar-refractivity contribution is 6.31. The monoisotopic (exact) mass is 421 g/mol. The number of pyridine rings is 1. The van der Waals surface area contributed by atoms with Gasteiger partial charge in [-0.1, -0.05) is 17.7 Å². The van der Waals surface area contributed by atoms with E-state index in [1.165, 1.54) is 12.1 Å². The molecular formula is C23H21ClFN5. The number of nitrogens with one attached hydrogen (secondary N) is 2. The van der Waals surface area contributed by atoms with Crippen molar-refractivity contribution in [1.82, 2.24) is 20.3 Å². The minimum absolute atomic E-state index is 0.254. The van der Waals surface area contributed by atoms with Crippen LogP contribution in [-0.2, 0) is 0 Å². The van der Waals surface area contributed by atoms with Crippen LogP contribution in [0.5, 0.6) is 0 Å². The van der Waals surface area contributed by atoms with E-state index in [0.717, 1.165) is 71.1 Å². The summed E-state index contributed by atoms with van der Waals surface area (Å²) in [6, 6.07) is 12.7. The van der Waals surface area contributed by atoms with E-state index in [1.54, 1.807) is 0 Å². The number of piperazine rings is 1. The van der Waals surface area contributed by atoms with E-state index in [-0.39, 0.29) is 5.82 Å². The van der Waals surface area contributed by atoms with Gasteiger partial charge in [-0.25, -0.2) is 14.4 Å². The highest BCUT2D eigenvalue weighted by Gasteiger charge is 2.20. The van der Waals surface area contributed by atoms with Gasteiger partial charge in [-0.05, 0) is 54.4 Å². The number of hydrogen-bond acceptors (Lipinski definition) is 4. The van der Waals surface area contributed by atoms with Crippen molar-refractivity contribution in [3.63, 3.8) is 0 Å². The third-order valence-electron chi connectivity index (χ3n) is 5.36. The number of halogens is 2. The van der Waals surface area contributed by atoms with Crippen molar-refractivity contribution in [2.24, 2.45) is 0 Å². The van der Waals surface area contributed by atoms with E-state index in [4.69, 9.17) is 21.6 Å². The maximum absolute atomic E-state index is 14.0. The Morgan fingerprint density at radius 2 is 1.87 bits per heavy atom. The second kappa shape index (κ2) is 7.70. The summed E-state index contributed by atoms with van der Waals surface area (Å²) in [7, 11) is 0. The van der Waals surface area contributed by atoms with Crippen molar-refractivity contribution in [2.75, 3.05) is 31.1 Å². The van der Waals surface area contributed by atoms with Crippen LogP contribution in [0.3, 0.4) is 0 Å². The molecule has 1 aliphatic heterocycles. The average molecular weight is 422 g/mol. The lowest BCUT2D eigenvalue weighted by Gasteiger charge is -2.30. The number of rotatable bonds is 3. The standard InChI is InChI=1S/C23H21ClFN5/c1-14-8-15(10-18(25)9-14)16-11-19(23(27-13-16)30-6-4-26-5-7-30)22-28-20-3-2-17(24)12-21(20)29-22/h2-3,8-13,26H,4-7H2,1H3,(H,28,29). The van der Waals surface area contributed by atoms with E-state index >= 15 is 0 Å². The number of imidazole rings is 1. The number of benzene rings is 2. The first-order valence-corrected chi connectivity index (χ1v) is 10.3. The van der Waals surface area contributed by atoms with Gasteiger partial charge in [0.15, 0.2) is 0 Å². The molecule has 0 spiro atoms. The van der Waals surface area contributed by atoms with E-state index in [9.17, 15) is 4.39 Å². The zero-order chi connectivity index (χ0) is 20.7. The van der Waals surface area contributed by atoms with Crippen molar-refractivity contribution in [3.8, 4) is 22.5 Å². The predicted octanol–water partition coefficient (Wildman–Crippen LogP) is 4.80. The van der Waals surface area contributed by atoms with Crippen molar-refractivity contribution >= 4 is 28.5 Å². The molecule has 1 saturated heterocycles. The Hall–Kier alpha value is -2.96. The van der Waals surface area contributed by atoms with Crippen LogP contribution < -0.4 is 10.2 Å². The second-order valence-electron chi connectivity index (χ2n) is 7.60. The summed E-state index contributed by atoms with van der Waals surface area (Å²) in [4.78, 5) is 15.2. The minimum atomic E-state index is -0.254. The third-order valence-corrected chi connectivity index (χ3v) is 5.59. The average Bonchev–Trinajstić information content (AvgIpc) is 3.16. The summed E-state index contributed by atoms with van der Waals surface area (Å²) < 4.78 is 14.0. The summed E-state index contributed by atoms with van der Waals surface area (Å²) >= 11 is 6.15. The van der Waals surface area contributed by atoms with E-state index < -0.39 is 0 Å². The van der Waals surface area contributed by atoms with Crippen LogP contribution in [-0.4, -0.2) is 41.1 Å². The number of H-pyrrole nitrogens is 1. The molecule has 2 N–H and O–H groups in total. The molecule has 5 rings (SSSR count). The van der Waals surface area contributed by atoms with E-state index in [2.05, 4.69) is 15.2 Å². The van der Waals surface area contributed by atoms with Gasteiger partial charge in [0.25, 0.3) is 0 Å². The highest BCUT2D eigenvalue weighted by Crippen LogP contribution is 2.34. The van der Waals surface area contributed by atoms with Crippen molar-refractivity contribution in [1.29, 1.82) is 0 Å². The molecular weight excluding hydrogens is 401 g/mol. The lowest BCUT2D eigenvalue weighted by atomic mass is 10.0. The van der Waals surface area contributed by atoms with Gasteiger partial charge in [0.2, 0.25) is 0 Å². The van der Waals surface area contributed by atoms with E-state index in [0.29, 0.717) is 5.02 Å². The lowest BCUT2D eigenvalue weighted by Crippen LogP contribution is -2.44. The van der Waals surface area contributed by atoms with Gasteiger partial charge in [0.05, 0.1) is 16.6 Å². The Morgan fingerprint density at radius 3 is 2.67 bits per heavy atom. The van der Waals surface area contributed by atoms with Crippen LogP contribution in [0.1, 0.15) is 5.56 Å². The lowest BCUT2D eigenvalue weighted by molar-refractivity contribution is 0.585. The number of hydrogen-bond donors (Lipinski definition) is 2. The van der Waals surface area contributed by atoms with Gasteiger partial charge >= 0.3 is 0 Å². The minimum Gasteiger partial charge on any atom is -0.353 e. The van der Waals surface area contributed by atoms with Crippen molar-refractivity contribution in [3.05, 3.63) is 65.1 Å². The molecule has 3 heterocycles. The first-order chi connectivity index (χ1) is 14.6. The Labute approximate surface area is 178 Å². The van der Waals surface area contributed by atoms with Gasteiger partial charge < -0.3 is 15.2 Å². The molecule has 0 aliphatic carbocycles. The summed E-state index contributed by atoms with van der Waals surface area (Å²) in [6.07, 6.45) is 1.81. The third kappa shape index (κ3) is 3.64. The van der Waals surface area contributed by atoms with Crippen LogP contribution in [0.15, 0.2) is 48.7 Å². The van der Waals surface area contributed by atoms with Gasteiger partial charge in [-0.2, -0.15) is 0 Å². The second-order valence-corrected chi connectivity index (χ2v) is 8.03. The van der Waals surface area contributed by atoms with E-state index in [1.807, 2.05) is 43.5 Å². The zero-order valence-corrected chi connectivity index (χ0v) is 17.3. The maximum Gasteiger partial charge on any atom is 0.142 e. The summed E-state index contributed by atoms with van der Waals surface area (Å²) in [6.45, 7) is 5.43. The Balaban J connectivity index is 1.67. The number of nitrogens with zero attached hydrogens (tertiary/aromatic N) is 3. The number of anilines is 1. The first kappa shape index (κ1) is 19.0. The molecule has 4 aromatic rings. The van der Waals surface area contributed by atoms with Crippen LogP contribution in [0.25, 0.3) is 33.5 Å². The molecule has 0 amide bonds. The Morgan fingerprint density at radius 1 is 1.03 bits per heavy atom. The van der Waals surface area contributed by atoms with Crippen LogP contribution in [0.4, 0.5) is 10.2 Å². The quantitative estimate of drug-likeness (QED) is 0.498. The van der Waals surface area contributed by atoms with Gasteiger partial charge in [0, 0.05) is 43.0 Å². The molecule has 7 heteroatoms. The number of aryl methyl sites for hydroxylation is 1. The predicted molar refractivity (Wildman–Crippen MR) is 120 cm³/mol. The molecule has 1 fully saturated rings. The van der Waals surface area contributed by atoms with Crippen molar-refractivity contribution < 1.29 is 4.39 Å². The summed E-state index contributed by atoms with van der Waals surface area (Å²) in [5.41, 5.74) is 5.13. The molecule has 30 heavy (non-hydrogen) atoms. The summed E-state index contributed by atoms with van der Waals surface area (Å²) in [5.74, 6) is 1.35. The topological polar surface area (TPSA) is 56.8 Å².